The van der Waals surface area contributed by atoms with E-state index in [1.54, 1.807) is 7.11 Å². The molecule has 4 heterocycles. The molecule has 5 atom stereocenters. The number of amides is 1. The molecule has 1 aromatic rings. The highest BCUT2D eigenvalue weighted by molar-refractivity contribution is 5.84. The Morgan fingerprint density at radius 1 is 1.42 bits per heavy atom. The predicted octanol–water partition coefficient (Wildman–Crippen LogP) is 1.31. The summed E-state index contributed by atoms with van der Waals surface area (Å²) in [5.74, 6) is 0.235. The normalized spacial score (nSPS) is 33.9. The van der Waals surface area contributed by atoms with Crippen LogP contribution in [0.25, 0.3) is 0 Å². The summed E-state index contributed by atoms with van der Waals surface area (Å²) in [4.78, 5) is 23.0. The van der Waals surface area contributed by atoms with Crippen LogP contribution in [0.1, 0.15) is 42.5 Å². The number of ether oxygens (including phenoxy) is 3. The van der Waals surface area contributed by atoms with Crippen LogP contribution >= 0.6 is 0 Å². The number of hydrogen-bond acceptors (Lipinski definition) is 7. The molecule has 1 aliphatic carbocycles. The zero-order valence-electron chi connectivity index (χ0n) is 19.9. The topological polar surface area (TPSA) is 84.4 Å². The van der Waals surface area contributed by atoms with Crippen molar-refractivity contribution in [2.75, 3.05) is 46.6 Å². The lowest BCUT2D eigenvalue weighted by Gasteiger charge is -2.42. The second-order valence-electron chi connectivity index (χ2n) is 10.1. The molecule has 1 N–H and O–H groups in total. The number of carbonyl (C=O) groups excluding carboxylic acids is 1. The Hall–Kier alpha value is -1.58. The first-order valence-electron chi connectivity index (χ1n) is 12.4. The molecule has 8 nitrogen and oxygen atoms in total. The van der Waals surface area contributed by atoms with Gasteiger partial charge < -0.3 is 24.2 Å². The first kappa shape index (κ1) is 23.2. The summed E-state index contributed by atoms with van der Waals surface area (Å²) < 4.78 is 17.5. The van der Waals surface area contributed by atoms with Crippen molar-refractivity contribution < 1.29 is 24.1 Å². The Balaban J connectivity index is 1.36. The van der Waals surface area contributed by atoms with E-state index in [9.17, 15) is 9.90 Å². The van der Waals surface area contributed by atoms with Crippen LogP contribution in [0.5, 0.6) is 0 Å². The van der Waals surface area contributed by atoms with Crippen LogP contribution in [0, 0.1) is 12.3 Å². The number of carbonyl (C=O) groups is 1. The van der Waals surface area contributed by atoms with Crippen LogP contribution in [0.4, 0.5) is 0 Å². The Kier molecular flexibility index (Phi) is 6.73. The lowest BCUT2D eigenvalue weighted by Crippen LogP contribution is -2.54. The van der Waals surface area contributed by atoms with Crippen LogP contribution in [0.3, 0.4) is 0 Å². The number of aliphatic hydroxyl groups excluding tert-OH is 1. The Bertz CT molecular complexity index is 866. The van der Waals surface area contributed by atoms with Crippen LogP contribution < -0.4 is 0 Å². The minimum atomic E-state index is -0.471. The summed E-state index contributed by atoms with van der Waals surface area (Å²) in [6.07, 6.45) is 5.89. The average molecular weight is 460 g/mol. The van der Waals surface area contributed by atoms with Gasteiger partial charge in [0.25, 0.3) is 0 Å². The van der Waals surface area contributed by atoms with Crippen molar-refractivity contribution in [3.05, 3.63) is 29.1 Å². The molecule has 2 saturated heterocycles. The molecule has 0 unspecified atom stereocenters. The third-order valence-electron chi connectivity index (χ3n) is 8.28. The van der Waals surface area contributed by atoms with Gasteiger partial charge in [-0.3, -0.25) is 14.7 Å². The van der Waals surface area contributed by atoms with Gasteiger partial charge >= 0.3 is 0 Å². The lowest BCUT2D eigenvalue weighted by atomic mass is 9.80. The number of nitrogens with zero attached hydrogens (tertiary/aromatic N) is 3. The lowest BCUT2D eigenvalue weighted by molar-refractivity contribution is -0.145. The number of hydrogen-bond donors (Lipinski definition) is 1. The van der Waals surface area contributed by atoms with Gasteiger partial charge in [0.2, 0.25) is 5.91 Å². The largest absolute Gasteiger partial charge is 0.395 e. The highest BCUT2D eigenvalue weighted by Crippen LogP contribution is 2.51. The van der Waals surface area contributed by atoms with Gasteiger partial charge in [-0.25, -0.2) is 0 Å². The van der Waals surface area contributed by atoms with Crippen molar-refractivity contribution in [2.45, 2.75) is 69.9 Å². The van der Waals surface area contributed by atoms with Gasteiger partial charge in [0.1, 0.15) is 0 Å². The van der Waals surface area contributed by atoms with E-state index in [1.807, 2.05) is 11.1 Å². The molecule has 8 heteroatoms. The van der Waals surface area contributed by atoms with E-state index < -0.39 is 5.41 Å². The molecule has 0 spiro atoms. The molecule has 0 aromatic carbocycles. The maximum absolute atomic E-state index is 14.0. The van der Waals surface area contributed by atoms with E-state index in [0.717, 1.165) is 43.4 Å². The van der Waals surface area contributed by atoms with Crippen LogP contribution in [-0.4, -0.2) is 96.7 Å². The Morgan fingerprint density at radius 3 is 3.12 bits per heavy atom. The fraction of sp³-hybridized carbons (Fsp3) is 0.760. The Morgan fingerprint density at radius 2 is 2.30 bits per heavy atom. The minimum Gasteiger partial charge on any atom is -0.395 e. The summed E-state index contributed by atoms with van der Waals surface area (Å²) in [6.45, 7) is 5.98. The molecule has 1 amide bonds. The monoisotopic (exact) mass is 459 g/mol. The first-order chi connectivity index (χ1) is 16.1. The SMILES string of the molecule is CO[C@@H]1COCC[C@@H]1N(CCO)[C@@H]1C[C@H]2OCC[C@@]2(C(=O)N2CCc3ncc(C)cc3C2)C1. The van der Waals surface area contributed by atoms with Crippen molar-refractivity contribution in [3.8, 4) is 0 Å². The molecule has 33 heavy (non-hydrogen) atoms. The summed E-state index contributed by atoms with van der Waals surface area (Å²) in [5, 5.41) is 9.86. The third kappa shape index (κ3) is 4.21. The Labute approximate surface area is 196 Å². The van der Waals surface area contributed by atoms with E-state index in [4.69, 9.17) is 14.2 Å². The third-order valence-corrected chi connectivity index (χ3v) is 8.28. The van der Waals surface area contributed by atoms with E-state index in [2.05, 4.69) is 22.9 Å². The second-order valence-corrected chi connectivity index (χ2v) is 10.1. The van der Waals surface area contributed by atoms with E-state index in [-0.39, 0.29) is 36.8 Å². The molecule has 3 aliphatic heterocycles. The number of pyridine rings is 1. The first-order valence-corrected chi connectivity index (χ1v) is 12.4. The molecule has 3 fully saturated rings. The number of fused-ring (bicyclic) bond motifs is 2. The molecule has 0 bridgehead atoms. The quantitative estimate of drug-likeness (QED) is 0.687. The van der Waals surface area contributed by atoms with E-state index in [1.165, 1.54) is 5.56 Å². The smallest absolute Gasteiger partial charge is 0.231 e. The summed E-state index contributed by atoms with van der Waals surface area (Å²) >= 11 is 0. The van der Waals surface area contributed by atoms with E-state index >= 15 is 0 Å². The number of aryl methyl sites for hydroxylation is 1. The molecule has 1 aromatic heterocycles. The molecule has 4 aliphatic rings. The zero-order valence-corrected chi connectivity index (χ0v) is 19.9. The molecule has 0 radical (unpaired) electrons. The molecule has 182 valence electrons. The maximum atomic E-state index is 14.0. The fourth-order valence-corrected chi connectivity index (χ4v) is 6.64. The van der Waals surface area contributed by atoms with Crippen molar-refractivity contribution >= 4 is 5.91 Å². The highest BCUT2D eigenvalue weighted by atomic mass is 16.5. The van der Waals surface area contributed by atoms with Crippen molar-refractivity contribution in [2.24, 2.45) is 5.41 Å². The highest BCUT2D eigenvalue weighted by Gasteiger charge is 2.59. The zero-order chi connectivity index (χ0) is 23.0. The predicted molar refractivity (Wildman–Crippen MR) is 122 cm³/mol. The average Bonchev–Trinajstić information content (AvgIpc) is 3.40. The second kappa shape index (κ2) is 9.58. The number of methoxy groups -OCH3 is 1. The molecular weight excluding hydrogens is 422 g/mol. The summed E-state index contributed by atoms with van der Waals surface area (Å²) in [7, 11) is 1.73. The van der Waals surface area contributed by atoms with Gasteiger partial charge in [0.15, 0.2) is 0 Å². The van der Waals surface area contributed by atoms with Gasteiger partial charge in [-0.2, -0.15) is 0 Å². The van der Waals surface area contributed by atoms with Crippen molar-refractivity contribution in [1.82, 2.24) is 14.8 Å². The summed E-state index contributed by atoms with van der Waals surface area (Å²) in [6, 6.07) is 2.54. The van der Waals surface area contributed by atoms with Gasteiger partial charge in [-0.05, 0) is 43.7 Å². The van der Waals surface area contributed by atoms with Crippen LogP contribution in [-0.2, 0) is 32.0 Å². The van der Waals surface area contributed by atoms with Crippen molar-refractivity contribution in [3.63, 3.8) is 0 Å². The van der Waals surface area contributed by atoms with E-state index in [0.29, 0.717) is 39.5 Å². The number of aliphatic hydroxyl groups is 1. The molecular formula is C25H37N3O5. The number of aromatic nitrogens is 1. The summed E-state index contributed by atoms with van der Waals surface area (Å²) in [5.41, 5.74) is 2.95. The van der Waals surface area contributed by atoms with Crippen LogP contribution in [0.15, 0.2) is 12.3 Å². The van der Waals surface area contributed by atoms with Gasteiger partial charge in [-0.15, -0.1) is 0 Å². The minimum absolute atomic E-state index is 0.0207. The van der Waals surface area contributed by atoms with Crippen molar-refractivity contribution in [1.29, 1.82) is 0 Å². The molecule has 5 rings (SSSR count). The van der Waals surface area contributed by atoms with Gasteiger partial charge in [0.05, 0.1) is 30.8 Å². The van der Waals surface area contributed by atoms with Gasteiger partial charge in [-0.1, -0.05) is 6.07 Å². The molecule has 1 saturated carbocycles. The maximum Gasteiger partial charge on any atom is 0.231 e. The standard InChI is InChI=1S/C25H37N3O5/c1-17-11-18-15-27(6-3-20(18)26-14-17)24(30)25-5-10-33-23(25)12-19(13-25)28(7-8-29)21-4-9-32-16-22(21)31-2/h11,14,19,21-23,29H,3-10,12-13,15-16H2,1-2H3/t19-,21+,22-,23-,25-/m1/s1. The number of rotatable bonds is 6. The fourth-order valence-electron chi connectivity index (χ4n) is 6.64. The van der Waals surface area contributed by atoms with Gasteiger partial charge in [0, 0.05) is 70.4 Å². The van der Waals surface area contributed by atoms with Crippen LogP contribution in [0.2, 0.25) is 0 Å².